The van der Waals surface area contributed by atoms with Crippen molar-refractivity contribution in [3.63, 3.8) is 0 Å². The quantitative estimate of drug-likeness (QED) is 0.701. The van der Waals surface area contributed by atoms with Gasteiger partial charge in [0.25, 0.3) is 0 Å². The fourth-order valence-electron chi connectivity index (χ4n) is 3.75. The van der Waals surface area contributed by atoms with Gasteiger partial charge in [-0.05, 0) is 25.5 Å². The standard InChI is InChI=1S/C20H20N6O/c1-13-6-14(2)19-17(7-13)20(15(8-21)9-22-19)25-4-5-26(18(27)12-25)16-10-23-24(3)11-16/h6-7,9-11H,4-5,12H2,1-3H3. The van der Waals surface area contributed by atoms with Crippen molar-refractivity contribution in [2.75, 3.05) is 29.4 Å². The molecule has 7 heteroatoms. The van der Waals surface area contributed by atoms with Gasteiger partial charge in [0.2, 0.25) is 5.91 Å². The maximum absolute atomic E-state index is 12.8. The molecule has 7 nitrogen and oxygen atoms in total. The van der Waals surface area contributed by atoms with Gasteiger partial charge in [0.1, 0.15) is 6.07 Å². The van der Waals surface area contributed by atoms with Crippen LogP contribution >= 0.6 is 0 Å². The zero-order valence-electron chi connectivity index (χ0n) is 15.6. The molecule has 1 aromatic carbocycles. The number of hydrogen-bond donors (Lipinski definition) is 0. The van der Waals surface area contributed by atoms with E-state index in [1.165, 1.54) is 0 Å². The second-order valence-electron chi connectivity index (χ2n) is 6.95. The molecule has 0 bridgehead atoms. The van der Waals surface area contributed by atoms with Gasteiger partial charge in [-0.1, -0.05) is 11.6 Å². The van der Waals surface area contributed by atoms with E-state index in [4.69, 9.17) is 0 Å². The summed E-state index contributed by atoms with van der Waals surface area (Å²) in [6, 6.07) is 6.37. The van der Waals surface area contributed by atoms with Crippen LogP contribution in [-0.2, 0) is 11.8 Å². The molecule has 0 unspecified atom stereocenters. The van der Waals surface area contributed by atoms with Gasteiger partial charge in [-0.15, -0.1) is 0 Å². The van der Waals surface area contributed by atoms with Gasteiger partial charge in [-0.25, -0.2) is 0 Å². The molecule has 27 heavy (non-hydrogen) atoms. The lowest BCUT2D eigenvalue weighted by atomic mass is 10.0. The number of aryl methyl sites for hydroxylation is 3. The Balaban J connectivity index is 1.75. The topological polar surface area (TPSA) is 78.1 Å². The molecule has 0 atom stereocenters. The third-order valence-corrected chi connectivity index (χ3v) is 4.94. The molecule has 1 amide bonds. The van der Waals surface area contributed by atoms with E-state index in [-0.39, 0.29) is 12.5 Å². The zero-order chi connectivity index (χ0) is 19.1. The van der Waals surface area contributed by atoms with E-state index in [9.17, 15) is 10.1 Å². The number of benzene rings is 1. The highest BCUT2D eigenvalue weighted by Gasteiger charge is 2.28. The van der Waals surface area contributed by atoms with Gasteiger partial charge < -0.3 is 9.80 Å². The third-order valence-electron chi connectivity index (χ3n) is 4.94. The van der Waals surface area contributed by atoms with Gasteiger partial charge in [0.15, 0.2) is 0 Å². The number of pyridine rings is 1. The molecule has 3 aromatic rings. The molecular formula is C20H20N6O. The number of fused-ring (bicyclic) bond motifs is 1. The van der Waals surface area contributed by atoms with Crippen molar-refractivity contribution in [3.05, 3.63) is 47.4 Å². The van der Waals surface area contributed by atoms with E-state index < -0.39 is 0 Å². The summed E-state index contributed by atoms with van der Waals surface area (Å²) in [6.45, 7) is 5.45. The number of rotatable bonds is 2. The number of hydrogen-bond acceptors (Lipinski definition) is 5. The second-order valence-corrected chi connectivity index (χ2v) is 6.95. The van der Waals surface area contributed by atoms with Crippen molar-refractivity contribution < 1.29 is 4.79 Å². The SMILES string of the molecule is Cc1cc(C)c2ncc(C#N)c(N3CCN(c4cnn(C)c4)C(=O)C3)c2c1. The van der Waals surface area contributed by atoms with Gasteiger partial charge in [-0.3, -0.25) is 14.5 Å². The molecule has 4 rings (SSSR count). The highest BCUT2D eigenvalue weighted by molar-refractivity contribution is 6.02. The molecule has 2 aromatic heterocycles. The Labute approximate surface area is 157 Å². The van der Waals surface area contributed by atoms with Crippen molar-refractivity contribution >= 4 is 28.2 Å². The van der Waals surface area contributed by atoms with Crippen LogP contribution in [0.3, 0.4) is 0 Å². The average molecular weight is 360 g/mol. The first-order chi connectivity index (χ1) is 13.0. The van der Waals surface area contributed by atoms with E-state index in [0.717, 1.165) is 33.4 Å². The van der Waals surface area contributed by atoms with Crippen LogP contribution in [0.25, 0.3) is 10.9 Å². The number of amides is 1. The van der Waals surface area contributed by atoms with E-state index >= 15 is 0 Å². The Kier molecular flexibility index (Phi) is 4.04. The van der Waals surface area contributed by atoms with Crippen molar-refractivity contribution in [2.24, 2.45) is 7.05 Å². The van der Waals surface area contributed by atoms with E-state index in [0.29, 0.717) is 18.7 Å². The number of anilines is 2. The molecular weight excluding hydrogens is 340 g/mol. The summed E-state index contributed by atoms with van der Waals surface area (Å²) in [5.41, 5.74) is 5.14. The molecule has 1 aliphatic rings. The van der Waals surface area contributed by atoms with Crippen LogP contribution < -0.4 is 9.80 Å². The van der Waals surface area contributed by atoms with Crippen LogP contribution in [0, 0.1) is 25.2 Å². The first-order valence-corrected chi connectivity index (χ1v) is 8.82. The number of piperazine rings is 1. The van der Waals surface area contributed by atoms with Crippen molar-refractivity contribution in [1.82, 2.24) is 14.8 Å². The smallest absolute Gasteiger partial charge is 0.246 e. The summed E-state index contributed by atoms with van der Waals surface area (Å²) in [4.78, 5) is 21.0. The summed E-state index contributed by atoms with van der Waals surface area (Å²) in [5, 5.41) is 14.7. The number of aromatic nitrogens is 3. The summed E-state index contributed by atoms with van der Waals surface area (Å²) in [7, 11) is 1.83. The van der Waals surface area contributed by atoms with Gasteiger partial charge in [0.05, 0.1) is 35.2 Å². The molecule has 0 spiro atoms. The van der Waals surface area contributed by atoms with E-state index in [2.05, 4.69) is 22.2 Å². The van der Waals surface area contributed by atoms with Crippen LogP contribution in [0.2, 0.25) is 0 Å². The highest BCUT2D eigenvalue weighted by atomic mass is 16.2. The van der Waals surface area contributed by atoms with Gasteiger partial charge >= 0.3 is 0 Å². The van der Waals surface area contributed by atoms with Crippen LogP contribution in [0.5, 0.6) is 0 Å². The van der Waals surface area contributed by atoms with Crippen LogP contribution in [0.4, 0.5) is 11.4 Å². The minimum atomic E-state index is -0.00697. The maximum atomic E-state index is 12.8. The zero-order valence-corrected chi connectivity index (χ0v) is 15.6. The number of nitrogens with zero attached hydrogens (tertiary/aromatic N) is 6. The Hall–Kier alpha value is -3.40. The minimum Gasteiger partial charge on any atom is -0.359 e. The molecule has 136 valence electrons. The summed E-state index contributed by atoms with van der Waals surface area (Å²) < 4.78 is 1.69. The fourth-order valence-corrected chi connectivity index (χ4v) is 3.75. The van der Waals surface area contributed by atoms with Crippen molar-refractivity contribution in [1.29, 1.82) is 5.26 Å². The third kappa shape index (κ3) is 2.89. The molecule has 3 heterocycles. The van der Waals surface area contributed by atoms with Crippen LogP contribution in [0.15, 0.2) is 30.7 Å². The minimum absolute atomic E-state index is 0.00697. The average Bonchev–Trinajstić information content (AvgIpc) is 3.06. The van der Waals surface area contributed by atoms with E-state index in [1.54, 1.807) is 22.0 Å². The molecule has 1 aliphatic heterocycles. The highest BCUT2D eigenvalue weighted by Crippen LogP contribution is 2.33. The van der Waals surface area contributed by atoms with Crippen LogP contribution in [-0.4, -0.2) is 40.3 Å². The summed E-state index contributed by atoms with van der Waals surface area (Å²) in [5.74, 6) is -0.00697. The monoisotopic (exact) mass is 360 g/mol. The maximum Gasteiger partial charge on any atom is 0.246 e. The Morgan fingerprint density at radius 3 is 2.67 bits per heavy atom. The van der Waals surface area contributed by atoms with Gasteiger partial charge in [-0.2, -0.15) is 10.4 Å². The lowest BCUT2D eigenvalue weighted by molar-refractivity contribution is -0.117. The molecule has 0 saturated carbocycles. The number of nitriles is 1. The Morgan fingerprint density at radius 2 is 2.00 bits per heavy atom. The number of carbonyl (C=O) groups excluding carboxylic acids is 1. The van der Waals surface area contributed by atoms with Crippen molar-refractivity contribution in [2.45, 2.75) is 13.8 Å². The second kappa shape index (κ2) is 6.40. The van der Waals surface area contributed by atoms with Gasteiger partial charge in [0, 0.05) is 37.9 Å². The molecule has 0 aliphatic carbocycles. The largest absolute Gasteiger partial charge is 0.359 e. The van der Waals surface area contributed by atoms with Crippen LogP contribution in [0.1, 0.15) is 16.7 Å². The van der Waals surface area contributed by atoms with Crippen molar-refractivity contribution in [3.8, 4) is 6.07 Å². The fraction of sp³-hybridized carbons (Fsp3) is 0.300. The lowest BCUT2D eigenvalue weighted by Gasteiger charge is -2.35. The van der Waals surface area contributed by atoms with E-state index in [1.807, 2.05) is 38.1 Å². The number of carbonyl (C=O) groups is 1. The predicted octanol–water partition coefficient (Wildman–Crippen LogP) is 2.31. The Morgan fingerprint density at radius 1 is 1.19 bits per heavy atom. The molecule has 1 fully saturated rings. The normalized spacial score (nSPS) is 14.7. The summed E-state index contributed by atoms with van der Waals surface area (Å²) in [6.07, 6.45) is 5.14. The molecule has 1 saturated heterocycles. The lowest BCUT2D eigenvalue weighted by Crippen LogP contribution is -2.50. The molecule has 0 N–H and O–H groups in total. The first-order valence-electron chi connectivity index (χ1n) is 8.82. The first kappa shape index (κ1) is 17.0. The molecule has 0 radical (unpaired) electrons. The Bertz CT molecular complexity index is 1090. The predicted molar refractivity (Wildman–Crippen MR) is 104 cm³/mol. The summed E-state index contributed by atoms with van der Waals surface area (Å²) >= 11 is 0.